The number of hydrogen-bond acceptors (Lipinski definition) is 10. The van der Waals surface area contributed by atoms with Crippen LogP contribution in [0.3, 0.4) is 0 Å². The molecule has 5 aromatic rings. The molecule has 242 valence electrons. The van der Waals surface area contributed by atoms with Crippen LogP contribution in [0.1, 0.15) is 80.5 Å². The number of benzene rings is 3. The minimum Gasteiger partial charge on any atom is -0.434 e. The molecule has 10 nitrogen and oxygen atoms in total. The number of ether oxygens (including phenoxy) is 4. The van der Waals surface area contributed by atoms with E-state index in [0.717, 1.165) is 47.9 Å². The Morgan fingerprint density at radius 1 is 0.604 bits per heavy atom. The van der Waals surface area contributed by atoms with Gasteiger partial charge in [0, 0.05) is 12.1 Å². The molecule has 2 heterocycles. The maximum Gasteiger partial charge on any atom is 0.344 e. The molecule has 0 N–H and O–H groups in total. The summed E-state index contributed by atoms with van der Waals surface area (Å²) in [4.78, 5) is 27.2. The highest BCUT2D eigenvalue weighted by Gasteiger charge is 2.30. The van der Waals surface area contributed by atoms with Gasteiger partial charge in [-0.15, -0.1) is 20.4 Å². The maximum atomic E-state index is 13.6. The lowest BCUT2D eigenvalue weighted by Crippen LogP contribution is -2.18. The third kappa shape index (κ3) is 6.81. The van der Waals surface area contributed by atoms with E-state index < -0.39 is 11.9 Å². The fourth-order valence-electron chi connectivity index (χ4n) is 5.37. The molecular formula is C36H28Cl2N4O6. The first-order valence-corrected chi connectivity index (χ1v) is 16.1. The lowest BCUT2D eigenvalue weighted by Gasteiger charge is -2.16. The topological polar surface area (TPSA) is 123 Å². The van der Waals surface area contributed by atoms with Crippen molar-refractivity contribution < 1.29 is 28.5 Å². The molecule has 12 heteroatoms. The van der Waals surface area contributed by atoms with E-state index in [0.29, 0.717) is 23.3 Å². The van der Waals surface area contributed by atoms with Gasteiger partial charge < -0.3 is 18.9 Å². The summed E-state index contributed by atoms with van der Waals surface area (Å²) in [6.07, 6.45) is 4.24. The van der Waals surface area contributed by atoms with Crippen LogP contribution in [0, 0.1) is 13.8 Å². The number of halogens is 2. The van der Waals surface area contributed by atoms with Crippen molar-refractivity contribution in [3.63, 3.8) is 0 Å². The molecule has 0 amide bonds. The number of carbonyl (C=O) groups excluding carboxylic acids is 2. The lowest BCUT2D eigenvalue weighted by atomic mass is 10.1. The van der Waals surface area contributed by atoms with Gasteiger partial charge in [-0.05, 0) is 85.8 Å². The van der Waals surface area contributed by atoms with Gasteiger partial charge in [-0.2, -0.15) is 0 Å². The third-order valence-corrected chi connectivity index (χ3v) is 8.45. The molecule has 7 rings (SSSR count). The molecule has 2 aliphatic rings. The van der Waals surface area contributed by atoms with Crippen molar-refractivity contribution in [2.24, 2.45) is 0 Å². The Morgan fingerprint density at radius 3 is 1.42 bits per heavy atom. The monoisotopic (exact) mass is 682 g/mol. The predicted molar refractivity (Wildman–Crippen MR) is 177 cm³/mol. The molecule has 0 bridgehead atoms. The molecule has 3 aromatic carbocycles. The summed E-state index contributed by atoms with van der Waals surface area (Å²) in [7, 11) is 0. The molecule has 0 unspecified atom stereocenters. The van der Waals surface area contributed by atoms with E-state index in [1.807, 2.05) is 50.2 Å². The molecule has 0 aliphatic heterocycles. The van der Waals surface area contributed by atoms with Crippen molar-refractivity contribution in [1.82, 2.24) is 20.4 Å². The molecule has 2 aliphatic carbocycles. The van der Waals surface area contributed by atoms with Crippen molar-refractivity contribution in [1.29, 1.82) is 0 Å². The fourth-order valence-corrected chi connectivity index (χ4v) is 5.65. The molecule has 2 fully saturated rings. The Morgan fingerprint density at radius 2 is 1.02 bits per heavy atom. The van der Waals surface area contributed by atoms with Crippen LogP contribution in [0.4, 0.5) is 0 Å². The number of nitrogens with zero attached hydrogens (tertiary/aromatic N) is 4. The molecule has 2 saturated carbocycles. The molecule has 0 saturated heterocycles. The van der Waals surface area contributed by atoms with E-state index in [1.165, 1.54) is 24.3 Å². The van der Waals surface area contributed by atoms with Gasteiger partial charge >= 0.3 is 11.9 Å². The molecule has 0 atom stereocenters. The largest absolute Gasteiger partial charge is 0.434 e. The van der Waals surface area contributed by atoms with Crippen molar-refractivity contribution in [3.8, 4) is 34.8 Å². The highest BCUT2D eigenvalue weighted by molar-refractivity contribution is 6.29. The first kappa shape index (κ1) is 31.5. The van der Waals surface area contributed by atoms with Gasteiger partial charge in [0.15, 0.2) is 21.8 Å². The summed E-state index contributed by atoms with van der Waals surface area (Å²) in [6, 6.07) is 20.5. The first-order chi connectivity index (χ1) is 23.2. The van der Waals surface area contributed by atoms with Gasteiger partial charge in [0.25, 0.3) is 11.8 Å². The predicted octanol–water partition coefficient (Wildman–Crippen LogP) is 8.97. The Bertz CT molecular complexity index is 1920. The maximum absolute atomic E-state index is 13.6. The van der Waals surface area contributed by atoms with Crippen molar-refractivity contribution in [3.05, 3.63) is 116 Å². The van der Waals surface area contributed by atoms with Crippen molar-refractivity contribution in [2.45, 2.75) is 51.4 Å². The second-order valence-corrected chi connectivity index (χ2v) is 12.5. The van der Waals surface area contributed by atoms with Crippen LogP contribution < -0.4 is 18.9 Å². The zero-order valence-corrected chi connectivity index (χ0v) is 27.4. The van der Waals surface area contributed by atoms with Crippen molar-refractivity contribution >= 4 is 35.1 Å². The normalized spacial score (nSPS) is 13.9. The van der Waals surface area contributed by atoms with Gasteiger partial charge in [-0.25, -0.2) is 9.59 Å². The SMILES string of the molecule is Cc1cccc(C2CC2)c1Oc1nnc(Cl)cc1OC(=O)c1ccccc1C(=O)Oc1cc(Cl)nnc1Oc1c(C)cccc1C1CC1. The van der Waals surface area contributed by atoms with Crippen LogP contribution >= 0.6 is 23.2 Å². The van der Waals surface area contributed by atoms with Crippen LogP contribution in [0.15, 0.2) is 72.8 Å². The fraction of sp³-hybridized carbons (Fsp3) is 0.222. The summed E-state index contributed by atoms with van der Waals surface area (Å²) in [6.45, 7) is 3.85. The quantitative estimate of drug-likeness (QED) is 0.132. The van der Waals surface area contributed by atoms with Gasteiger partial charge in [0.1, 0.15) is 11.5 Å². The smallest absolute Gasteiger partial charge is 0.344 e. The Kier molecular flexibility index (Phi) is 8.68. The average molecular weight is 684 g/mol. The van der Waals surface area contributed by atoms with Crippen LogP contribution in [0.5, 0.6) is 34.8 Å². The standard InChI is InChI=1S/C36H28Cl2N4O6/c1-19-7-5-11-23(21-13-14-21)31(19)47-33-27(17-29(37)39-41-33)45-35(43)25-9-3-4-10-26(25)36(44)46-28-18-30(38)40-42-34(28)48-32-20(2)8-6-12-24(32)22-15-16-22/h3-12,17-18,21-22H,13-16H2,1-2H3. The van der Waals surface area contributed by atoms with Gasteiger partial charge in [-0.3, -0.25) is 0 Å². The summed E-state index contributed by atoms with van der Waals surface area (Å²) in [5.41, 5.74) is 3.70. The van der Waals surface area contributed by atoms with Gasteiger partial charge in [0.05, 0.1) is 11.1 Å². The summed E-state index contributed by atoms with van der Waals surface area (Å²) in [5, 5.41) is 15.9. The molecular weight excluding hydrogens is 655 g/mol. The third-order valence-electron chi connectivity index (χ3n) is 8.08. The van der Waals surface area contributed by atoms with Gasteiger partial charge in [-0.1, -0.05) is 71.7 Å². The molecule has 0 spiro atoms. The van der Waals surface area contributed by atoms with Crippen LogP contribution in [0.25, 0.3) is 0 Å². The lowest BCUT2D eigenvalue weighted by molar-refractivity contribution is 0.0686. The summed E-state index contributed by atoms with van der Waals surface area (Å²) in [5.74, 6) is 0.0216. The van der Waals surface area contributed by atoms with Crippen molar-refractivity contribution in [2.75, 3.05) is 0 Å². The second kappa shape index (κ2) is 13.2. The Balaban J connectivity index is 1.15. The summed E-state index contributed by atoms with van der Waals surface area (Å²) < 4.78 is 23.8. The number of para-hydroxylation sites is 2. The first-order valence-electron chi connectivity index (χ1n) is 15.4. The van der Waals surface area contributed by atoms with E-state index in [4.69, 9.17) is 42.1 Å². The highest BCUT2D eigenvalue weighted by atomic mass is 35.5. The Labute approximate surface area is 285 Å². The van der Waals surface area contributed by atoms with E-state index in [-0.39, 0.29) is 44.7 Å². The van der Waals surface area contributed by atoms with E-state index in [9.17, 15) is 9.59 Å². The minimum absolute atomic E-state index is 0.0156. The summed E-state index contributed by atoms with van der Waals surface area (Å²) >= 11 is 12.3. The number of rotatable bonds is 10. The zero-order valence-electron chi connectivity index (χ0n) is 25.9. The highest BCUT2D eigenvalue weighted by Crippen LogP contribution is 2.48. The number of hydrogen-bond donors (Lipinski definition) is 0. The second-order valence-electron chi connectivity index (χ2n) is 11.7. The number of aryl methyl sites for hydroxylation is 2. The zero-order chi connectivity index (χ0) is 33.4. The molecule has 0 radical (unpaired) electrons. The number of aromatic nitrogens is 4. The average Bonchev–Trinajstić information content (AvgIpc) is 4.00. The molecule has 2 aromatic heterocycles. The van der Waals surface area contributed by atoms with Crippen LogP contribution in [-0.4, -0.2) is 32.3 Å². The van der Waals surface area contributed by atoms with Crippen LogP contribution in [-0.2, 0) is 0 Å². The molecule has 48 heavy (non-hydrogen) atoms. The Hall–Kier alpha value is -5.06. The number of carbonyl (C=O) groups is 2. The van der Waals surface area contributed by atoms with Crippen LogP contribution in [0.2, 0.25) is 10.3 Å². The van der Waals surface area contributed by atoms with E-state index in [1.54, 1.807) is 12.1 Å². The van der Waals surface area contributed by atoms with Gasteiger partial charge in [0.2, 0.25) is 0 Å². The van der Waals surface area contributed by atoms with E-state index in [2.05, 4.69) is 20.4 Å². The minimum atomic E-state index is -0.875. The number of esters is 2. The van der Waals surface area contributed by atoms with E-state index >= 15 is 0 Å².